The van der Waals surface area contributed by atoms with Gasteiger partial charge in [0.1, 0.15) is 11.4 Å². The van der Waals surface area contributed by atoms with Crippen LogP contribution in [0.25, 0.3) is 0 Å². The molecule has 1 aliphatic rings. The van der Waals surface area contributed by atoms with Gasteiger partial charge in [-0.15, -0.1) is 0 Å². The summed E-state index contributed by atoms with van der Waals surface area (Å²) in [5, 5.41) is 0. The molecule has 1 saturated carbocycles. The first-order valence-corrected chi connectivity index (χ1v) is 6.94. The molecule has 2 atom stereocenters. The highest BCUT2D eigenvalue weighted by Gasteiger charge is 2.31. The molecule has 1 fully saturated rings. The van der Waals surface area contributed by atoms with Gasteiger partial charge in [0.15, 0.2) is 5.82 Å². The number of halogens is 2. The molecule has 0 aliphatic heterocycles. The van der Waals surface area contributed by atoms with Gasteiger partial charge in [-0.25, -0.2) is 8.78 Å². The Morgan fingerprint density at radius 1 is 1.30 bits per heavy atom. The highest BCUT2D eigenvalue weighted by molar-refractivity contribution is 5.95. The van der Waals surface area contributed by atoms with Crippen LogP contribution < -0.4 is 5.73 Å². The number of nitrogen functional groups attached to an aromatic ring is 1. The summed E-state index contributed by atoms with van der Waals surface area (Å²) in [6.45, 7) is 2.07. The Morgan fingerprint density at radius 3 is 2.60 bits per heavy atom. The largest absolute Gasteiger partial charge is 0.396 e. The topological polar surface area (TPSA) is 46.3 Å². The first-order valence-electron chi connectivity index (χ1n) is 6.94. The van der Waals surface area contributed by atoms with Crippen molar-refractivity contribution in [1.82, 2.24) is 4.90 Å². The minimum Gasteiger partial charge on any atom is -0.396 e. The van der Waals surface area contributed by atoms with Crippen LogP contribution in [0, 0.1) is 17.6 Å². The van der Waals surface area contributed by atoms with Crippen molar-refractivity contribution in [2.24, 2.45) is 5.92 Å². The fraction of sp³-hybridized carbons (Fsp3) is 0.533. The van der Waals surface area contributed by atoms with Crippen LogP contribution in [0.15, 0.2) is 12.1 Å². The van der Waals surface area contributed by atoms with Crippen LogP contribution in [0.1, 0.15) is 43.0 Å². The van der Waals surface area contributed by atoms with Gasteiger partial charge in [0.05, 0.1) is 5.69 Å². The Morgan fingerprint density at radius 2 is 1.95 bits per heavy atom. The number of nitrogens with two attached hydrogens (primary N) is 1. The second-order valence-corrected chi connectivity index (χ2v) is 5.57. The van der Waals surface area contributed by atoms with E-state index in [1.165, 1.54) is 4.90 Å². The summed E-state index contributed by atoms with van der Waals surface area (Å²) in [6, 6.07) is 2.19. The Kier molecular flexibility index (Phi) is 4.26. The minimum absolute atomic E-state index is 0.0245. The van der Waals surface area contributed by atoms with Gasteiger partial charge in [-0.2, -0.15) is 0 Å². The van der Waals surface area contributed by atoms with E-state index in [1.54, 1.807) is 7.05 Å². The number of rotatable bonds is 2. The third-order valence-electron chi connectivity index (χ3n) is 4.22. The van der Waals surface area contributed by atoms with Crippen LogP contribution >= 0.6 is 0 Å². The number of anilines is 1. The molecule has 1 aromatic carbocycles. The van der Waals surface area contributed by atoms with E-state index in [0.717, 1.165) is 37.8 Å². The van der Waals surface area contributed by atoms with Crippen molar-refractivity contribution < 1.29 is 13.6 Å². The molecular formula is C15H20F2N2O. The van der Waals surface area contributed by atoms with Crippen LogP contribution in [0.4, 0.5) is 14.5 Å². The molecule has 20 heavy (non-hydrogen) atoms. The summed E-state index contributed by atoms with van der Waals surface area (Å²) in [5.74, 6) is -2.13. The fourth-order valence-electron chi connectivity index (χ4n) is 2.96. The van der Waals surface area contributed by atoms with Crippen molar-refractivity contribution in [2.45, 2.75) is 38.6 Å². The van der Waals surface area contributed by atoms with E-state index in [0.29, 0.717) is 5.92 Å². The number of carbonyl (C=O) groups excluding carboxylic acids is 1. The standard InChI is InChI=1S/C15H20F2N2O/c1-9-5-3-4-6-12(9)19(2)15(20)13-10(16)7-8-11(18)14(13)17/h7-9,12H,3-6,18H2,1-2H3. The molecule has 1 aliphatic carbocycles. The Bertz CT molecular complexity index is 519. The predicted octanol–water partition coefficient (Wildman–Crippen LogP) is 3.20. The number of benzene rings is 1. The SMILES string of the molecule is CC1CCCCC1N(C)C(=O)c1c(F)ccc(N)c1F. The molecular weight excluding hydrogens is 262 g/mol. The van der Waals surface area contributed by atoms with Crippen molar-refractivity contribution in [1.29, 1.82) is 0 Å². The van der Waals surface area contributed by atoms with Gasteiger partial charge in [-0.3, -0.25) is 4.79 Å². The predicted molar refractivity (Wildman–Crippen MR) is 74.3 cm³/mol. The molecule has 5 heteroatoms. The quantitative estimate of drug-likeness (QED) is 0.847. The fourth-order valence-corrected chi connectivity index (χ4v) is 2.96. The van der Waals surface area contributed by atoms with Crippen molar-refractivity contribution in [3.8, 4) is 0 Å². The van der Waals surface area contributed by atoms with E-state index in [-0.39, 0.29) is 11.7 Å². The molecule has 1 aromatic rings. The van der Waals surface area contributed by atoms with Crippen LogP contribution in [0.5, 0.6) is 0 Å². The van der Waals surface area contributed by atoms with Crippen LogP contribution in [-0.2, 0) is 0 Å². The molecule has 0 aromatic heterocycles. The Hall–Kier alpha value is -1.65. The molecule has 0 radical (unpaired) electrons. The zero-order valence-electron chi connectivity index (χ0n) is 11.8. The van der Waals surface area contributed by atoms with Gasteiger partial charge in [-0.05, 0) is 30.9 Å². The Labute approximate surface area is 117 Å². The number of nitrogens with zero attached hydrogens (tertiary/aromatic N) is 1. The zero-order chi connectivity index (χ0) is 14.9. The highest BCUT2D eigenvalue weighted by Crippen LogP contribution is 2.29. The first kappa shape index (κ1) is 14.8. The second kappa shape index (κ2) is 5.77. The van der Waals surface area contributed by atoms with E-state index in [1.807, 2.05) is 0 Å². The molecule has 0 spiro atoms. The summed E-state index contributed by atoms with van der Waals surface area (Å²) in [6.07, 6.45) is 4.08. The normalized spacial score (nSPS) is 22.6. The third kappa shape index (κ3) is 2.62. The summed E-state index contributed by atoms with van der Waals surface area (Å²) in [7, 11) is 1.61. The van der Waals surface area contributed by atoms with Crippen molar-refractivity contribution in [3.63, 3.8) is 0 Å². The van der Waals surface area contributed by atoms with Gasteiger partial charge in [0.2, 0.25) is 0 Å². The average molecular weight is 282 g/mol. The van der Waals surface area contributed by atoms with Crippen LogP contribution in [0.3, 0.4) is 0 Å². The van der Waals surface area contributed by atoms with Crippen molar-refractivity contribution >= 4 is 11.6 Å². The van der Waals surface area contributed by atoms with E-state index in [2.05, 4.69) is 6.92 Å². The van der Waals surface area contributed by atoms with Gasteiger partial charge in [0.25, 0.3) is 5.91 Å². The minimum atomic E-state index is -0.967. The molecule has 0 bridgehead atoms. The highest BCUT2D eigenvalue weighted by atomic mass is 19.1. The molecule has 2 N–H and O–H groups in total. The average Bonchev–Trinajstić information content (AvgIpc) is 2.43. The molecule has 0 saturated heterocycles. The maximum atomic E-state index is 13.9. The van der Waals surface area contributed by atoms with Gasteiger partial charge in [-0.1, -0.05) is 19.8 Å². The van der Waals surface area contributed by atoms with Crippen LogP contribution in [-0.4, -0.2) is 23.9 Å². The summed E-state index contributed by atoms with van der Waals surface area (Å²) in [4.78, 5) is 13.8. The summed E-state index contributed by atoms with van der Waals surface area (Å²) >= 11 is 0. The van der Waals surface area contributed by atoms with Crippen LogP contribution in [0.2, 0.25) is 0 Å². The lowest BCUT2D eigenvalue weighted by molar-refractivity contribution is 0.0619. The first-order chi connectivity index (χ1) is 9.43. The maximum absolute atomic E-state index is 13.9. The number of hydrogen-bond donors (Lipinski definition) is 1. The summed E-state index contributed by atoms with van der Waals surface area (Å²) in [5.41, 5.74) is 4.66. The van der Waals surface area contributed by atoms with Gasteiger partial charge in [0, 0.05) is 13.1 Å². The molecule has 110 valence electrons. The van der Waals surface area contributed by atoms with E-state index >= 15 is 0 Å². The lowest BCUT2D eigenvalue weighted by Crippen LogP contribution is -2.43. The van der Waals surface area contributed by atoms with Crippen molar-refractivity contribution in [3.05, 3.63) is 29.3 Å². The lowest BCUT2D eigenvalue weighted by atomic mass is 9.85. The zero-order valence-corrected chi connectivity index (χ0v) is 11.8. The smallest absolute Gasteiger partial charge is 0.259 e. The van der Waals surface area contributed by atoms with E-state index in [9.17, 15) is 13.6 Å². The Balaban J connectivity index is 2.29. The number of carbonyl (C=O) groups is 1. The molecule has 0 heterocycles. The lowest BCUT2D eigenvalue weighted by Gasteiger charge is -2.36. The molecule has 1 amide bonds. The monoisotopic (exact) mass is 282 g/mol. The third-order valence-corrected chi connectivity index (χ3v) is 4.22. The van der Waals surface area contributed by atoms with E-state index < -0.39 is 23.1 Å². The summed E-state index contributed by atoms with van der Waals surface area (Å²) < 4.78 is 27.7. The molecule has 3 nitrogen and oxygen atoms in total. The number of amides is 1. The maximum Gasteiger partial charge on any atom is 0.259 e. The molecule has 2 rings (SSSR count). The van der Waals surface area contributed by atoms with Gasteiger partial charge >= 0.3 is 0 Å². The number of hydrogen-bond acceptors (Lipinski definition) is 2. The molecule has 2 unspecified atom stereocenters. The van der Waals surface area contributed by atoms with Gasteiger partial charge < -0.3 is 10.6 Å². The van der Waals surface area contributed by atoms with E-state index in [4.69, 9.17) is 5.73 Å². The second-order valence-electron chi connectivity index (χ2n) is 5.57. The van der Waals surface area contributed by atoms with Crippen molar-refractivity contribution in [2.75, 3.05) is 12.8 Å².